The van der Waals surface area contributed by atoms with Crippen LogP contribution >= 0.6 is 0 Å². The van der Waals surface area contributed by atoms with Crippen LogP contribution < -0.4 is 4.57 Å². The van der Waals surface area contributed by atoms with Crippen LogP contribution in [0.5, 0.6) is 0 Å². The van der Waals surface area contributed by atoms with Gasteiger partial charge in [0.15, 0.2) is 11.0 Å². The van der Waals surface area contributed by atoms with E-state index in [2.05, 4.69) is 93.3 Å². The Morgan fingerprint density at radius 2 is 1.54 bits per heavy atom. The van der Waals surface area contributed by atoms with Gasteiger partial charge in [0.2, 0.25) is 0 Å². The Morgan fingerprint density at radius 3 is 2.24 bits per heavy atom. The van der Waals surface area contributed by atoms with E-state index < -0.39 is 11.8 Å². The van der Waals surface area contributed by atoms with Gasteiger partial charge in [-0.05, 0) is 71.3 Å². The van der Waals surface area contributed by atoms with Crippen LogP contribution in [-0.2, 0) is 13.5 Å². The van der Waals surface area contributed by atoms with Crippen LogP contribution in [0.3, 0.4) is 0 Å². The number of para-hydroxylation sites is 2. The summed E-state index contributed by atoms with van der Waals surface area (Å²) in [5.74, 6) is 0.222. The van der Waals surface area contributed by atoms with Crippen molar-refractivity contribution in [3.8, 4) is 33.9 Å². The van der Waals surface area contributed by atoms with E-state index in [9.17, 15) is 2.74 Å². The van der Waals surface area contributed by atoms with E-state index in [4.69, 9.17) is 0 Å². The lowest BCUT2D eigenvalue weighted by Crippen LogP contribution is -2.31. The molecule has 0 saturated heterocycles. The van der Waals surface area contributed by atoms with Gasteiger partial charge in [0, 0.05) is 32.7 Å². The Balaban J connectivity index is 1.65. The average molecular weight is 540 g/mol. The minimum absolute atomic E-state index is 0.751. The molecule has 0 bridgehead atoms. The minimum atomic E-state index is -0.933. The average Bonchev–Trinajstić information content (AvgIpc) is 3.64. The highest BCUT2D eigenvalue weighted by Gasteiger charge is 2.35. The summed E-state index contributed by atoms with van der Waals surface area (Å²) in [5.41, 5.74) is 11.7. The zero-order valence-corrected chi connectivity index (χ0v) is 24.7. The van der Waals surface area contributed by atoms with E-state index in [1.165, 1.54) is 16.7 Å². The van der Waals surface area contributed by atoms with Gasteiger partial charge in [-0.3, -0.25) is 0 Å². The minimum Gasteiger partial charge on any atom is -0.303 e. The molecule has 2 aromatic heterocycles. The topological polar surface area (TPSA) is 26.6 Å². The summed E-state index contributed by atoms with van der Waals surface area (Å²) in [6.45, 7) is 10.0. The Kier molecular flexibility index (Phi) is 5.44. The molecule has 0 spiro atoms. The van der Waals surface area contributed by atoms with Gasteiger partial charge < -0.3 is 4.57 Å². The summed E-state index contributed by atoms with van der Waals surface area (Å²) in [6, 6.07) is 27.5. The number of benzene rings is 4. The normalized spacial score (nSPS) is 13.7. The molecule has 0 radical (unpaired) electrons. The third-order valence-corrected chi connectivity index (χ3v) is 8.56. The Bertz CT molecular complexity index is 2000. The maximum Gasteiger partial charge on any atom is 0.295 e. The van der Waals surface area contributed by atoms with E-state index >= 15 is 0 Å². The summed E-state index contributed by atoms with van der Waals surface area (Å²) in [5, 5.41) is 0. The number of aromatic nitrogens is 4. The largest absolute Gasteiger partial charge is 0.303 e. The van der Waals surface area contributed by atoms with Crippen LogP contribution in [0.2, 0.25) is 0 Å². The van der Waals surface area contributed by atoms with Crippen molar-refractivity contribution in [2.75, 3.05) is 0 Å². The first-order chi connectivity index (χ1) is 20.4. The molecule has 3 heterocycles. The van der Waals surface area contributed by atoms with Crippen molar-refractivity contribution in [3.63, 3.8) is 0 Å². The molecule has 0 unspecified atom stereocenters. The molecular weight excluding hydrogens is 500 g/mol. The van der Waals surface area contributed by atoms with Gasteiger partial charge in [0.05, 0.1) is 18.3 Å². The summed E-state index contributed by atoms with van der Waals surface area (Å²) >= 11 is 0. The second-order valence-electron chi connectivity index (χ2n) is 11.6. The number of fused-ring (bicyclic) bond motifs is 4. The molecule has 4 heteroatoms. The first kappa shape index (κ1) is 23.3. The van der Waals surface area contributed by atoms with E-state index in [-0.39, 0.29) is 0 Å². The van der Waals surface area contributed by atoms with Crippen LogP contribution in [0, 0.1) is 6.92 Å². The maximum atomic E-state index is 9.45. The first-order valence-electron chi connectivity index (χ1n) is 15.3. The number of aryl methyl sites for hydroxylation is 2. The van der Waals surface area contributed by atoms with E-state index in [1.54, 1.807) is 0 Å². The molecule has 1 aliphatic rings. The molecule has 1 aliphatic heterocycles. The van der Waals surface area contributed by atoms with Gasteiger partial charge in [-0.25, -0.2) is 9.55 Å². The predicted molar refractivity (Wildman–Crippen MR) is 168 cm³/mol. The van der Waals surface area contributed by atoms with Crippen LogP contribution in [-0.4, -0.2) is 14.1 Å². The summed E-state index contributed by atoms with van der Waals surface area (Å²) in [4.78, 5) is 4.65. The molecule has 0 N–H and O–H groups in total. The van der Waals surface area contributed by atoms with Crippen LogP contribution in [0.1, 0.15) is 70.3 Å². The van der Waals surface area contributed by atoms with Gasteiger partial charge in [-0.1, -0.05) is 76.2 Å². The fourth-order valence-corrected chi connectivity index (χ4v) is 6.57. The molecule has 0 amide bonds. The van der Waals surface area contributed by atoms with Gasteiger partial charge in [-0.15, -0.1) is 0 Å². The van der Waals surface area contributed by atoms with Crippen molar-refractivity contribution in [1.29, 1.82) is 0 Å². The quantitative estimate of drug-likeness (QED) is 0.202. The Labute approximate surface area is 245 Å². The fourth-order valence-electron chi connectivity index (χ4n) is 6.57. The second-order valence-corrected chi connectivity index (χ2v) is 11.6. The molecular formula is C37H37N4+. The van der Waals surface area contributed by atoms with Gasteiger partial charge in [0.1, 0.15) is 11.5 Å². The van der Waals surface area contributed by atoms with Crippen molar-refractivity contribution in [2.24, 2.45) is 7.05 Å². The summed E-state index contributed by atoms with van der Waals surface area (Å²) in [7, 11) is 2.13. The first-order valence-corrected chi connectivity index (χ1v) is 14.3. The van der Waals surface area contributed by atoms with Crippen LogP contribution in [0.4, 0.5) is 0 Å². The molecule has 41 heavy (non-hydrogen) atoms. The molecule has 0 aliphatic carbocycles. The molecule has 0 saturated carbocycles. The fraction of sp³-hybridized carbons (Fsp3) is 0.243. The molecule has 4 aromatic carbocycles. The highest BCUT2D eigenvalue weighted by atomic mass is 15.2. The Morgan fingerprint density at radius 1 is 0.854 bits per heavy atom. The van der Waals surface area contributed by atoms with Gasteiger partial charge in [0.25, 0.3) is 5.82 Å². The van der Waals surface area contributed by atoms with Crippen LogP contribution in [0.15, 0.2) is 91.3 Å². The van der Waals surface area contributed by atoms with E-state index in [0.29, 0.717) is 0 Å². The maximum absolute atomic E-state index is 9.45. The molecule has 4 nitrogen and oxygen atoms in total. The predicted octanol–water partition coefficient (Wildman–Crippen LogP) is 8.43. The molecule has 204 valence electrons. The number of hydrogen-bond acceptors (Lipinski definition) is 1. The number of hydrogen-bond donors (Lipinski definition) is 0. The summed E-state index contributed by atoms with van der Waals surface area (Å²) < 4.78 is 25.7. The van der Waals surface area contributed by atoms with E-state index in [1.807, 2.05) is 58.3 Å². The van der Waals surface area contributed by atoms with Crippen molar-refractivity contribution < 1.29 is 7.31 Å². The van der Waals surface area contributed by atoms with Gasteiger partial charge >= 0.3 is 0 Å². The lowest BCUT2D eigenvalue weighted by atomic mass is 9.88. The summed E-state index contributed by atoms with van der Waals surface area (Å²) in [6.07, 6.45) is 4.66. The van der Waals surface area contributed by atoms with Crippen molar-refractivity contribution in [2.45, 2.75) is 52.8 Å². The monoisotopic (exact) mass is 539 g/mol. The number of imidazole rings is 2. The number of rotatable bonds is 5. The highest BCUT2D eigenvalue weighted by molar-refractivity contribution is 5.84. The van der Waals surface area contributed by atoms with E-state index in [0.717, 1.165) is 62.7 Å². The Hall–Kier alpha value is -4.44. The van der Waals surface area contributed by atoms with Crippen LogP contribution in [0.25, 0.3) is 44.9 Å². The smallest absolute Gasteiger partial charge is 0.295 e. The van der Waals surface area contributed by atoms with Crippen molar-refractivity contribution in [1.82, 2.24) is 14.1 Å². The SMILES string of the molecule is [2H]C(C)(C)c1cc(-c2ccccc2)cc(C([2H])(C)C)c1-n1c(-c2c(C)ccc3c2Cc2nccn2-3)[n+](C)c2ccccc21. The van der Waals surface area contributed by atoms with Gasteiger partial charge in [-0.2, -0.15) is 4.57 Å². The third kappa shape index (κ3) is 3.88. The zero-order chi connectivity index (χ0) is 30.3. The van der Waals surface area contributed by atoms with Crippen molar-refractivity contribution in [3.05, 3.63) is 119 Å². The standard InChI is InChI=1S/C37H37N4/c1-23(2)28-20-27(26-12-8-7-9-13-26)21-29(24(3)4)36(28)41-33-15-11-10-14-32(33)39(6)37(41)35-25(5)16-17-31-30(35)22-34-38-18-19-40(31)34/h7-21,23-24H,22H2,1-6H3/q+1/i23D,24D. The highest BCUT2D eigenvalue weighted by Crippen LogP contribution is 2.42. The number of nitrogens with zero attached hydrogens (tertiary/aromatic N) is 4. The molecule has 0 fully saturated rings. The third-order valence-electron chi connectivity index (χ3n) is 8.56. The molecule has 6 aromatic rings. The zero-order valence-electron chi connectivity index (χ0n) is 26.7. The lowest BCUT2D eigenvalue weighted by Gasteiger charge is -2.21. The lowest BCUT2D eigenvalue weighted by molar-refractivity contribution is -0.633. The molecule has 0 atom stereocenters. The second kappa shape index (κ2) is 9.59. The molecule has 7 rings (SSSR count). The van der Waals surface area contributed by atoms with Crippen molar-refractivity contribution >= 4 is 11.0 Å².